The Kier molecular flexibility index (Phi) is 4.58. The highest BCUT2D eigenvalue weighted by molar-refractivity contribution is 9.10. The molecule has 1 atom stereocenters. The van der Waals surface area contributed by atoms with E-state index in [-0.39, 0.29) is 6.04 Å². The van der Waals surface area contributed by atoms with E-state index in [1.165, 1.54) is 0 Å². The second kappa shape index (κ2) is 6.19. The first kappa shape index (κ1) is 14.1. The average Bonchev–Trinajstić information content (AvgIpc) is 2.41. The Labute approximate surface area is 121 Å². The predicted octanol–water partition coefficient (Wildman–Crippen LogP) is 2.79. The van der Waals surface area contributed by atoms with Crippen LogP contribution in [0.2, 0.25) is 0 Å². The Hall–Kier alpha value is -1.36. The van der Waals surface area contributed by atoms with Crippen LogP contribution in [0, 0.1) is 0 Å². The Morgan fingerprint density at radius 1 is 1.26 bits per heavy atom. The van der Waals surface area contributed by atoms with Gasteiger partial charge in [-0.15, -0.1) is 0 Å². The number of hydrogen-bond acceptors (Lipinski definition) is 2. The normalized spacial score (nSPS) is 19.1. The molecular formula is C14H17BrN2O2. The van der Waals surface area contributed by atoms with Gasteiger partial charge in [-0.3, -0.25) is 9.59 Å². The summed E-state index contributed by atoms with van der Waals surface area (Å²) in [6.07, 6.45) is 3.07. The maximum absolute atomic E-state index is 12.1. The number of carbonyl (C=O) groups excluding carboxylic acids is 2. The molecule has 0 aromatic heterocycles. The molecule has 1 unspecified atom stereocenters. The molecule has 1 aromatic carbocycles. The van der Waals surface area contributed by atoms with Crippen LogP contribution in [0.5, 0.6) is 0 Å². The number of hydrogen-bond donors (Lipinski definition) is 1. The van der Waals surface area contributed by atoms with E-state index in [0.29, 0.717) is 12.2 Å². The molecule has 1 aliphatic rings. The zero-order valence-corrected chi connectivity index (χ0v) is 12.4. The zero-order chi connectivity index (χ0) is 13.8. The summed E-state index contributed by atoms with van der Waals surface area (Å²) < 4.78 is 0.932. The molecule has 5 heteroatoms. The summed E-state index contributed by atoms with van der Waals surface area (Å²) in [6, 6.07) is 7.31. The first-order chi connectivity index (χ1) is 9.08. The van der Waals surface area contributed by atoms with Crippen molar-refractivity contribution >= 4 is 33.4 Å². The van der Waals surface area contributed by atoms with Gasteiger partial charge in [0.05, 0.1) is 0 Å². The minimum Gasteiger partial charge on any atom is -0.332 e. The van der Waals surface area contributed by atoms with Crippen LogP contribution in [0.4, 0.5) is 5.69 Å². The van der Waals surface area contributed by atoms with Gasteiger partial charge in [0.2, 0.25) is 0 Å². The summed E-state index contributed by atoms with van der Waals surface area (Å²) in [7, 11) is 0. The standard InChI is InChI=1S/C14H17BrN2O2/c1-10-4-2-3-9-17(10)14(19)13(18)16-12-7-5-11(15)6-8-12/h5-8,10H,2-4,9H2,1H3,(H,16,18). The van der Waals surface area contributed by atoms with Crippen LogP contribution >= 0.6 is 15.9 Å². The zero-order valence-electron chi connectivity index (χ0n) is 10.9. The van der Waals surface area contributed by atoms with E-state index in [1.807, 2.05) is 19.1 Å². The van der Waals surface area contributed by atoms with Gasteiger partial charge >= 0.3 is 11.8 Å². The van der Waals surface area contributed by atoms with E-state index in [4.69, 9.17) is 0 Å². The Bertz CT molecular complexity index is 473. The van der Waals surface area contributed by atoms with Crippen molar-refractivity contribution in [3.8, 4) is 0 Å². The van der Waals surface area contributed by atoms with Crippen LogP contribution in [0.15, 0.2) is 28.7 Å². The molecule has 1 N–H and O–H groups in total. The molecule has 0 radical (unpaired) electrons. The molecule has 1 aromatic rings. The average molecular weight is 325 g/mol. The lowest BCUT2D eigenvalue weighted by Gasteiger charge is -2.32. The quantitative estimate of drug-likeness (QED) is 0.807. The van der Waals surface area contributed by atoms with Crippen molar-refractivity contribution < 1.29 is 9.59 Å². The van der Waals surface area contributed by atoms with Crippen molar-refractivity contribution in [2.45, 2.75) is 32.2 Å². The number of piperidine rings is 1. The second-order valence-corrected chi connectivity index (χ2v) is 5.72. The number of halogens is 1. The van der Waals surface area contributed by atoms with Crippen molar-refractivity contribution in [3.63, 3.8) is 0 Å². The molecule has 1 fully saturated rings. The monoisotopic (exact) mass is 324 g/mol. The Morgan fingerprint density at radius 2 is 1.95 bits per heavy atom. The molecule has 0 spiro atoms. The van der Waals surface area contributed by atoms with E-state index >= 15 is 0 Å². The fraction of sp³-hybridized carbons (Fsp3) is 0.429. The smallest absolute Gasteiger partial charge is 0.313 e. The van der Waals surface area contributed by atoms with Gasteiger partial charge in [0.1, 0.15) is 0 Å². The van der Waals surface area contributed by atoms with Crippen molar-refractivity contribution in [2.75, 3.05) is 11.9 Å². The van der Waals surface area contributed by atoms with E-state index in [1.54, 1.807) is 17.0 Å². The predicted molar refractivity (Wildman–Crippen MR) is 77.8 cm³/mol. The summed E-state index contributed by atoms with van der Waals surface area (Å²) in [5, 5.41) is 2.64. The van der Waals surface area contributed by atoms with Crippen molar-refractivity contribution in [3.05, 3.63) is 28.7 Å². The highest BCUT2D eigenvalue weighted by Gasteiger charge is 2.27. The van der Waals surface area contributed by atoms with Crippen molar-refractivity contribution in [1.82, 2.24) is 4.90 Å². The number of nitrogens with zero attached hydrogens (tertiary/aromatic N) is 1. The third kappa shape index (κ3) is 3.56. The molecule has 1 aliphatic heterocycles. The number of rotatable bonds is 1. The SMILES string of the molecule is CC1CCCCN1C(=O)C(=O)Nc1ccc(Br)cc1. The fourth-order valence-electron chi connectivity index (χ4n) is 2.25. The van der Waals surface area contributed by atoms with Crippen molar-refractivity contribution in [2.24, 2.45) is 0 Å². The van der Waals surface area contributed by atoms with Gasteiger partial charge < -0.3 is 10.2 Å². The molecule has 0 saturated carbocycles. The number of anilines is 1. The number of likely N-dealkylation sites (tertiary alicyclic amines) is 1. The lowest BCUT2D eigenvalue weighted by Crippen LogP contribution is -2.47. The summed E-state index contributed by atoms with van der Waals surface area (Å²) in [4.78, 5) is 25.7. The third-order valence-corrected chi connectivity index (χ3v) is 3.89. The van der Waals surface area contributed by atoms with Crippen LogP contribution < -0.4 is 5.32 Å². The highest BCUT2D eigenvalue weighted by Crippen LogP contribution is 2.18. The highest BCUT2D eigenvalue weighted by atomic mass is 79.9. The van der Waals surface area contributed by atoms with Gasteiger partial charge in [-0.1, -0.05) is 15.9 Å². The minimum absolute atomic E-state index is 0.150. The molecule has 102 valence electrons. The topological polar surface area (TPSA) is 49.4 Å². The maximum atomic E-state index is 12.1. The Morgan fingerprint density at radius 3 is 2.58 bits per heavy atom. The van der Waals surface area contributed by atoms with Crippen LogP contribution in [-0.2, 0) is 9.59 Å². The van der Waals surface area contributed by atoms with Crippen LogP contribution in [-0.4, -0.2) is 29.3 Å². The number of benzene rings is 1. The summed E-state index contributed by atoms with van der Waals surface area (Å²) in [6.45, 7) is 2.66. The summed E-state index contributed by atoms with van der Waals surface area (Å²) >= 11 is 3.32. The third-order valence-electron chi connectivity index (χ3n) is 3.36. The van der Waals surface area contributed by atoms with Crippen molar-refractivity contribution in [1.29, 1.82) is 0 Å². The van der Waals surface area contributed by atoms with E-state index in [0.717, 1.165) is 23.7 Å². The van der Waals surface area contributed by atoms with Crippen LogP contribution in [0.1, 0.15) is 26.2 Å². The minimum atomic E-state index is -0.559. The Balaban J connectivity index is 1.99. The molecule has 1 saturated heterocycles. The molecular weight excluding hydrogens is 308 g/mol. The lowest BCUT2D eigenvalue weighted by atomic mass is 10.0. The molecule has 4 nitrogen and oxygen atoms in total. The molecule has 2 amide bonds. The first-order valence-corrected chi connectivity index (χ1v) is 7.25. The van der Waals surface area contributed by atoms with Gasteiger partial charge in [0, 0.05) is 22.7 Å². The summed E-state index contributed by atoms with van der Waals surface area (Å²) in [5.41, 5.74) is 0.631. The number of amides is 2. The van der Waals surface area contributed by atoms with Gasteiger partial charge in [-0.25, -0.2) is 0 Å². The van der Waals surface area contributed by atoms with Gasteiger partial charge in [-0.2, -0.15) is 0 Å². The maximum Gasteiger partial charge on any atom is 0.313 e. The molecule has 1 heterocycles. The molecule has 0 aliphatic carbocycles. The molecule has 0 bridgehead atoms. The summed E-state index contributed by atoms with van der Waals surface area (Å²) in [5.74, 6) is -0.994. The number of nitrogens with one attached hydrogen (secondary N) is 1. The number of carbonyl (C=O) groups is 2. The van der Waals surface area contributed by atoms with Gasteiger partial charge in [0.15, 0.2) is 0 Å². The van der Waals surface area contributed by atoms with Gasteiger partial charge in [-0.05, 0) is 50.5 Å². The second-order valence-electron chi connectivity index (χ2n) is 4.80. The van der Waals surface area contributed by atoms with E-state index in [2.05, 4.69) is 21.2 Å². The fourth-order valence-corrected chi connectivity index (χ4v) is 2.51. The van der Waals surface area contributed by atoms with Gasteiger partial charge in [0.25, 0.3) is 0 Å². The largest absolute Gasteiger partial charge is 0.332 e. The lowest BCUT2D eigenvalue weighted by molar-refractivity contribution is -0.145. The van der Waals surface area contributed by atoms with Crippen LogP contribution in [0.3, 0.4) is 0 Å². The van der Waals surface area contributed by atoms with E-state index < -0.39 is 11.8 Å². The van der Waals surface area contributed by atoms with Crippen LogP contribution in [0.25, 0.3) is 0 Å². The molecule has 2 rings (SSSR count). The first-order valence-electron chi connectivity index (χ1n) is 6.45. The van der Waals surface area contributed by atoms with E-state index in [9.17, 15) is 9.59 Å². The molecule has 19 heavy (non-hydrogen) atoms.